The van der Waals surface area contributed by atoms with Crippen LogP contribution in [0.2, 0.25) is 0 Å². The minimum atomic E-state index is -0.301. The van der Waals surface area contributed by atoms with Crippen LogP contribution in [0.15, 0.2) is 18.2 Å². The molecule has 0 unspecified atom stereocenters. The van der Waals surface area contributed by atoms with E-state index in [9.17, 15) is 10.2 Å². The van der Waals surface area contributed by atoms with Gasteiger partial charge in [0.25, 0.3) is 0 Å². The van der Waals surface area contributed by atoms with E-state index < -0.39 is 0 Å². The molecule has 0 spiro atoms. The Labute approximate surface area is 110 Å². The van der Waals surface area contributed by atoms with E-state index in [1.165, 1.54) is 11.1 Å². The van der Waals surface area contributed by atoms with E-state index in [2.05, 4.69) is 39.1 Å². The Morgan fingerprint density at radius 2 is 1.61 bits per heavy atom. The number of benzene rings is 1. The largest absolute Gasteiger partial charge is 0.394 e. The van der Waals surface area contributed by atoms with E-state index in [1.54, 1.807) is 0 Å². The van der Waals surface area contributed by atoms with Crippen molar-refractivity contribution in [2.75, 3.05) is 18.5 Å². The Balaban J connectivity index is 3.14. The van der Waals surface area contributed by atoms with Crippen molar-refractivity contribution in [3.8, 4) is 0 Å². The second-order valence-electron chi connectivity index (χ2n) is 5.32. The maximum absolute atomic E-state index is 9.17. The first kappa shape index (κ1) is 15.0. The summed E-state index contributed by atoms with van der Waals surface area (Å²) < 4.78 is 0. The van der Waals surface area contributed by atoms with Gasteiger partial charge in [-0.25, -0.2) is 0 Å². The number of anilines is 1. The molecule has 3 heteroatoms. The molecule has 0 aliphatic rings. The van der Waals surface area contributed by atoms with Crippen LogP contribution < -0.4 is 5.32 Å². The van der Waals surface area contributed by atoms with E-state index in [0.29, 0.717) is 11.8 Å². The van der Waals surface area contributed by atoms with Gasteiger partial charge in [0.2, 0.25) is 0 Å². The molecule has 1 rings (SSSR count). The molecular weight excluding hydrogens is 226 g/mol. The third kappa shape index (κ3) is 3.47. The summed E-state index contributed by atoms with van der Waals surface area (Å²) in [6.45, 7) is 8.56. The molecule has 0 aromatic heterocycles. The molecule has 0 atom stereocenters. The van der Waals surface area contributed by atoms with Gasteiger partial charge < -0.3 is 15.5 Å². The number of aliphatic hydroxyl groups is 2. The smallest absolute Gasteiger partial charge is 0.0723 e. The van der Waals surface area contributed by atoms with Crippen molar-refractivity contribution >= 4 is 5.69 Å². The van der Waals surface area contributed by atoms with Crippen molar-refractivity contribution in [3.05, 3.63) is 29.3 Å². The highest BCUT2D eigenvalue weighted by Gasteiger charge is 2.16. The zero-order valence-electron chi connectivity index (χ0n) is 11.8. The van der Waals surface area contributed by atoms with Crippen LogP contribution in [0.25, 0.3) is 0 Å². The summed E-state index contributed by atoms with van der Waals surface area (Å²) >= 11 is 0. The van der Waals surface area contributed by atoms with Gasteiger partial charge in [-0.05, 0) is 29.0 Å². The highest BCUT2D eigenvalue weighted by molar-refractivity contribution is 5.57. The first-order chi connectivity index (χ1) is 8.51. The monoisotopic (exact) mass is 251 g/mol. The molecule has 1 aromatic carbocycles. The molecule has 102 valence electrons. The highest BCUT2D eigenvalue weighted by Crippen LogP contribution is 2.32. The lowest BCUT2D eigenvalue weighted by Gasteiger charge is -2.23. The van der Waals surface area contributed by atoms with Gasteiger partial charge in [0.05, 0.1) is 19.3 Å². The summed E-state index contributed by atoms with van der Waals surface area (Å²) in [4.78, 5) is 0. The lowest BCUT2D eigenvalue weighted by molar-refractivity contribution is 0.204. The van der Waals surface area contributed by atoms with Crippen molar-refractivity contribution in [1.29, 1.82) is 0 Å². The lowest BCUT2D eigenvalue weighted by atomic mass is 9.89. The molecule has 0 bridgehead atoms. The van der Waals surface area contributed by atoms with Crippen LogP contribution in [-0.4, -0.2) is 29.5 Å². The fourth-order valence-corrected chi connectivity index (χ4v) is 2.23. The average molecular weight is 251 g/mol. The molecule has 0 radical (unpaired) electrons. The molecular formula is C15H25NO2. The minimum Gasteiger partial charge on any atom is -0.394 e. The van der Waals surface area contributed by atoms with Gasteiger partial charge >= 0.3 is 0 Å². The Morgan fingerprint density at radius 1 is 1.00 bits per heavy atom. The molecule has 1 aromatic rings. The molecule has 0 amide bonds. The van der Waals surface area contributed by atoms with Crippen LogP contribution in [0.5, 0.6) is 0 Å². The van der Waals surface area contributed by atoms with Crippen LogP contribution in [0.4, 0.5) is 5.69 Å². The summed E-state index contributed by atoms with van der Waals surface area (Å²) in [6, 6.07) is 5.89. The van der Waals surface area contributed by atoms with Gasteiger partial charge in [-0.2, -0.15) is 0 Å². The predicted octanol–water partition coefficient (Wildman–Crippen LogP) is 2.70. The van der Waals surface area contributed by atoms with E-state index in [-0.39, 0.29) is 19.3 Å². The zero-order chi connectivity index (χ0) is 13.7. The van der Waals surface area contributed by atoms with Gasteiger partial charge in [-0.15, -0.1) is 0 Å². The Kier molecular flexibility index (Phi) is 5.63. The number of rotatable bonds is 6. The van der Waals surface area contributed by atoms with E-state index in [0.717, 1.165) is 5.69 Å². The van der Waals surface area contributed by atoms with Gasteiger partial charge in [-0.3, -0.25) is 0 Å². The molecule has 0 heterocycles. The molecule has 0 aliphatic carbocycles. The van der Waals surface area contributed by atoms with Crippen LogP contribution in [0.1, 0.15) is 50.7 Å². The maximum atomic E-state index is 9.17. The summed E-state index contributed by atoms with van der Waals surface area (Å²) in [6.07, 6.45) is 0. The fourth-order valence-electron chi connectivity index (χ4n) is 2.23. The number of hydrogen-bond acceptors (Lipinski definition) is 3. The fraction of sp³-hybridized carbons (Fsp3) is 0.600. The van der Waals surface area contributed by atoms with E-state index >= 15 is 0 Å². The number of hydrogen-bond donors (Lipinski definition) is 3. The van der Waals surface area contributed by atoms with Gasteiger partial charge in [0.1, 0.15) is 0 Å². The Bertz CT molecular complexity index is 371. The molecule has 0 fully saturated rings. The summed E-state index contributed by atoms with van der Waals surface area (Å²) in [7, 11) is 0. The highest BCUT2D eigenvalue weighted by atomic mass is 16.3. The Morgan fingerprint density at radius 3 is 2.06 bits per heavy atom. The molecule has 0 saturated carbocycles. The quantitative estimate of drug-likeness (QED) is 0.728. The van der Waals surface area contributed by atoms with Crippen LogP contribution in [0, 0.1) is 0 Å². The van der Waals surface area contributed by atoms with Crippen molar-refractivity contribution in [2.24, 2.45) is 0 Å². The van der Waals surface area contributed by atoms with Crippen molar-refractivity contribution in [3.63, 3.8) is 0 Å². The number of nitrogens with one attached hydrogen (secondary N) is 1. The maximum Gasteiger partial charge on any atom is 0.0723 e. The molecule has 0 aliphatic heterocycles. The lowest BCUT2D eigenvalue weighted by Crippen LogP contribution is -2.28. The number of aliphatic hydroxyl groups excluding tert-OH is 2. The SMILES string of the molecule is CC(C)c1cccc(NC(CO)CO)c1C(C)C. The first-order valence-corrected chi connectivity index (χ1v) is 6.62. The van der Waals surface area contributed by atoms with Crippen LogP contribution >= 0.6 is 0 Å². The van der Waals surface area contributed by atoms with Crippen molar-refractivity contribution in [2.45, 2.75) is 45.6 Å². The average Bonchev–Trinajstić information content (AvgIpc) is 2.35. The normalized spacial score (nSPS) is 11.6. The topological polar surface area (TPSA) is 52.5 Å². The van der Waals surface area contributed by atoms with E-state index in [1.807, 2.05) is 12.1 Å². The third-order valence-electron chi connectivity index (χ3n) is 3.14. The summed E-state index contributed by atoms with van der Waals surface area (Å²) in [5, 5.41) is 21.6. The first-order valence-electron chi connectivity index (χ1n) is 6.62. The van der Waals surface area contributed by atoms with Crippen molar-refractivity contribution in [1.82, 2.24) is 0 Å². The van der Waals surface area contributed by atoms with Crippen molar-refractivity contribution < 1.29 is 10.2 Å². The summed E-state index contributed by atoms with van der Waals surface area (Å²) in [5.74, 6) is 0.870. The van der Waals surface area contributed by atoms with Gasteiger partial charge in [0, 0.05) is 5.69 Å². The third-order valence-corrected chi connectivity index (χ3v) is 3.14. The molecule has 18 heavy (non-hydrogen) atoms. The Hall–Kier alpha value is -1.06. The summed E-state index contributed by atoms with van der Waals surface area (Å²) in [5.41, 5.74) is 3.62. The zero-order valence-corrected chi connectivity index (χ0v) is 11.8. The minimum absolute atomic E-state index is 0.0695. The van der Waals surface area contributed by atoms with Crippen LogP contribution in [-0.2, 0) is 0 Å². The standard InChI is InChI=1S/C15H25NO2/c1-10(2)13-6-5-7-14(15(13)11(3)4)16-12(8-17)9-18/h5-7,10-12,16-18H,8-9H2,1-4H3. The second kappa shape index (κ2) is 6.76. The van der Waals surface area contributed by atoms with E-state index in [4.69, 9.17) is 0 Å². The molecule has 0 saturated heterocycles. The predicted molar refractivity (Wildman–Crippen MR) is 76.2 cm³/mol. The molecule has 3 N–H and O–H groups in total. The second-order valence-corrected chi connectivity index (χ2v) is 5.32. The molecule has 3 nitrogen and oxygen atoms in total. The van der Waals surface area contributed by atoms with Crippen LogP contribution in [0.3, 0.4) is 0 Å². The van der Waals surface area contributed by atoms with Gasteiger partial charge in [-0.1, -0.05) is 39.8 Å². The van der Waals surface area contributed by atoms with Gasteiger partial charge in [0.15, 0.2) is 0 Å².